The number of fused-ring (bicyclic) bond motifs is 2. The van der Waals surface area contributed by atoms with Crippen molar-refractivity contribution in [1.82, 2.24) is 14.7 Å². The molecule has 2 aromatic rings. The maximum atomic E-state index is 13.5. The molecule has 1 unspecified atom stereocenters. The monoisotopic (exact) mass is 537 g/mol. The summed E-state index contributed by atoms with van der Waals surface area (Å²) in [5, 5.41) is 10.9. The summed E-state index contributed by atoms with van der Waals surface area (Å²) in [5.41, 5.74) is 3.24. The van der Waals surface area contributed by atoms with Crippen LogP contribution in [0.15, 0.2) is 42.5 Å². The van der Waals surface area contributed by atoms with Crippen LogP contribution in [0.5, 0.6) is 11.5 Å². The molecule has 3 heterocycles. The van der Waals surface area contributed by atoms with Crippen molar-refractivity contribution in [1.29, 1.82) is 0 Å². The van der Waals surface area contributed by atoms with Crippen molar-refractivity contribution in [2.24, 2.45) is 0 Å². The fourth-order valence-electron chi connectivity index (χ4n) is 5.93. The lowest BCUT2D eigenvalue weighted by atomic mass is 10.00. The number of carbonyl (C=O) groups excluding carboxylic acids is 1. The van der Waals surface area contributed by atoms with E-state index < -0.39 is 6.10 Å². The van der Waals surface area contributed by atoms with Crippen molar-refractivity contribution < 1.29 is 24.1 Å². The van der Waals surface area contributed by atoms with Crippen LogP contribution in [0.4, 0.5) is 0 Å². The third-order valence-corrected chi connectivity index (χ3v) is 7.98. The number of aliphatic hydroxyl groups is 1. The molecular weight excluding hydrogens is 494 g/mol. The van der Waals surface area contributed by atoms with Gasteiger partial charge in [-0.05, 0) is 56.4 Å². The first-order valence-corrected chi connectivity index (χ1v) is 14.5. The molecular formula is C31H43N3O5. The highest BCUT2D eigenvalue weighted by Gasteiger charge is 2.30. The van der Waals surface area contributed by atoms with Gasteiger partial charge in [0.25, 0.3) is 5.91 Å². The Labute approximate surface area is 232 Å². The van der Waals surface area contributed by atoms with Crippen molar-refractivity contribution in [3.05, 3.63) is 59.2 Å². The van der Waals surface area contributed by atoms with E-state index in [0.29, 0.717) is 24.4 Å². The highest BCUT2D eigenvalue weighted by molar-refractivity contribution is 5.97. The molecule has 2 aromatic carbocycles. The fourth-order valence-corrected chi connectivity index (χ4v) is 5.93. The molecule has 0 radical (unpaired) electrons. The van der Waals surface area contributed by atoms with Crippen LogP contribution < -0.4 is 9.47 Å². The van der Waals surface area contributed by atoms with Crippen molar-refractivity contribution in [3.63, 3.8) is 0 Å². The van der Waals surface area contributed by atoms with Gasteiger partial charge in [-0.3, -0.25) is 9.69 Å². The lowest BCUT2D eigenvalue weighted by Crippen LogP contribution is -2.45. The first-order chi connectivity index (χ1) is 19.0. The maximum absolute atomic E-state index is 13.5. The summed E-state index contributed by atoms with van der Waals surface area (Å²) in [6.07, 6.45) is 2.25. The van der Waals surface area contributed by atoms with Gasteiger partial charge < -0.3 is 29.1 Å². The molecule has 0 aliphatic carbocycles. The molecule has 212 valence electrons. The molecule has 1 amide bonds. The van der Waals surface area contributed by atoms with Gasteiger partial charge in [-0.25, -0.2) is 0 Å². The minimum absolute atomic E-state index is 0.105. The second kappa shape index (κ2) is 13.1. The molecule has 1 saturated heterocycles. The Morgan fingerprint density at radius 3 is 2.64 bits per heavy atom. The Morgan fingerprint density at radius 1 is 1.05 bits per heavy atom. The van der Waals surface area contributed by atoms with Gasteiger partial charge in [0, 0.05) is 58.5 Å². The minimum atomic E-state index is -0.630. The van der Waals surface area contributed by atoms with Crippen LogP contribution in [0, 0.1) is 0 Å². The van der Waals surface area contributed by atoms with Gasteiger partial charge in [0.2, 0.25) is 0 Å². The lowest BCUT2D eigenvalue weighted by Gasteiger charge is -2.32. The molecule has 8 heteroatoms. The quantitative estimate of drug-likeness (QED) is 0.467. The third kappa shape index (κ3) is 7.31. The van der Waals surface area contributed by atoms with E-state index in [-0.39, 0.29) is 24.7 Å². The SMILES string of the molecule is CCOCCN1CCC(Oc2ccc3c(c2)O[C@H](C)CN(CC(O)CN2CCc4ccccc4C2)C3=O)CC1. The largest absolute Gasteiger partial charge is 0.490 e. The molecule has 3 aliphatic rings. The zero-order valence-electron chi connectivity index (χ0n) is 23.4. The molecule has 0 aromatic heterocycles. The Kier molecular flexibility index (Phi) is 9.40. The molecule has 39 heavy (non-hydrogen) atoms. The molecule has 2 atom stereocenters. The van der Waals surface area contributed by atoms with Gasteiger partial charge in [0.15, 0.2) is 0 Å². The highest BCUT2D eigenvalue weighted by Crippen LogP contribution is 2.31. The summed E-state index contributed by atoms with van der Waals surface area (Å²) in [4.78, 5) is 19.9. The number of rotatable bonds is 10. The van der Waals surface area contributed by atoms with Gasteiger partial charge >= 0.3 is 0 Å². The fraction of sp³-hybridized carbons (Fsp3) is 0.581. The Bertz CT molecular complexity index is 1100. The second-order valence-electron chi connectivity index (χ2n) is 11.1. The average Bonchev–Trinajstić information content (AvgIpc) is 3.04. The summed E-state index contributed by atoms with van der Waals surface area (Å²) in [6, 6.07) is 14.0. The van der Waals surface area contributed by atoms with E-state index in [9.17, 15) is 9.90 Å². The number of hydrogen-bond acceptors (Lipinski definition) is 7. The van der Waals surface area contributed by atoms with E-state index in [1.807, 2.05) is 32.0 Å². The summed E-state index contributed by atoms with van der Waals surface area (Å²) < 4.78 is 18.0. The number of β-amino-alcohol motifs (C(OH)–C–C–N with tert-alkyl or cyclic N) is 1. The van der Waals surface area contributed by atoms with Crippen molar-refractivity contribution >= 4 is 5.91 Å². The van der Waals surface area contributed by atoms with E-state index >= 15 is 0 Å². The van der Waals surface area contributed by atoms with Crippen LogP contribution in [-0.4, -0.2) is 103 Å². The summed E-state index contributed by atoms with van der Waals surface area (Å²) in [7, 11) is 0. The number of piperidine rings is 1. The molecule has 3 aliphatic heterocycles. The number of hydrogen-bond donors (Lipinski definition) is 1. The van der Waals surface area contributed by atoms with E-state index in [1.54, 1.807) is 4.90 Å². The predicted octanol–water partition coefficient (Wildman–Crippen LogP) is 3.21. The molecule has 0 bridgehead atoms. The number of aliphatic hydroxyl groups excluding tert-OH is 1. The summed E-state index contributed by atoms with van der Waals surface area (Å²) in [6.45, 7) is 11.5. The van der Waals surface area contributed by atoms with Crippen LogP contribution in [0.25, 0.3) is 0 Å². The summed E-state index contributed by atoms with van der Waals surface area (Å²) >= 11 is 0. The second-order valence-corrected chi connectivity index (χ2v) is 11.1. The van der Waals surface area contributed by atoms with Gasteiger partial charge in [-0.2, -0.15) is 0 Å². The van der Waals surface area contributed by atoms with Crippen LogP contribution >= 0.6 is 0 Å². The van der Waals surface area contributed by atoms with E-state index in [0.717, 1.165) is 70.9 Å². The van der Waals surface area contributed by atoms with Crippen molar-refractivity contribution in [3.8, 4) is 11.5 Å². The maximum Gasteiger partial charge on any atom is 0.257 e. The average molecular weight is 538 g/mol. The number of ether oxygens (including phenoxy) is 3. The zero-order valence-corrected chi connectivity index (χ0v) is 23.4. The molecule has 1 N–H and O–H groups in total. The van der Waals surface area contributed by atoms with Crippen molar-refractivity contribution in [2.75, 3.05) is 59.0 Å². The van der Waals surface area contributed by atoms with Gasteiger partial charge in [0.05, 0.1) is 24.8 Å². The molecule has 8 nitrogen and oxygen atoms in total. The molecule has 1 fully saturated rings. The first-order valence-electron chi connectivity index (χ1n) is 14.5. The lowest BCUT2D eigenvalue weighted by molar-refractivity contribution is 0.0454. The number of carbonyl (C=O) groups is 1. The van der Waals surface area contributed by atoms with Crippen molar-refractivity contribution in [2.45, 2.75) is 58.0 Å². The van der Waals surface area contributed by atoms with Gasteiger partial charge in [0.1, 0.15) is 23.7 Å². The van der Waals surface area contributed by atoms with Crippen LogP contribution in [0.1, 0.15) is 48.2 Å². The standard InChI is InChI=1S/C31H43N3O5/c1-3-37-17-16-32-14-11-27(12-15-32)39-28-8-9-29-30(18-28)38-23(2)19-34(31(29)36)22-26(35)21-33-13-10-24-6-4-5-7-25(24)20-33/h4-9,18,23,26-27,35H,3,10-17,19-22H2,1-2H3/t23-,26?/m1/s1. The Hall–Kier alpha value is -2.65. The van der Waals surface area contributed by atoms with E-state index in [1.165, 1.54) is 11.1 Å². The normalized spacial score (nSPS) is 21.6. The van der Waals surface area contributed by atoms with E-state index in [2.05, 4.69) is 34.1 Å². The van der Waals surface area contributed by atoms with Crippen LogP contribution in [0.3, 0.4) is 0 Å². The molecule has 5 rings (SSSR count). The zero-order chi connectivity index (χ0) is 27.2. The topological polar surface area (TPSA) is 74.7 Å². The van der Waals surface area contributed by atoms with E-state index in [4.69, 9.17) is 14.2 Å². The molecule has 0 spiro atoms. The molecule has 0 saturated carbocycles. The third-order valence-electron chi connectivity index (χ3n) is 7.98. The summed E-state index contributed by atoms with van der Waals surface area (Å²) in [5.74, 6) is 1.19. The Morgan fingerprint density at radius 2 is 1.85 bits per heavy atom. The van der Waals surface area contributed by atoms with Gasteiger partial charge in [-0.1, -0.05) is 24.3 Å². The predicted molar refractivity (Wildman–Crippen MR) is 150 cm³/mol. The van der Waals surface area contributed by atoms with Crippen LogP contribution in [-0.2, 0) is 17.7 Å². The Balaban J connectivity index is 1.15. The van der Waals surface area contributed by atoms with Crippen LogP contribution in [0.2, 0.25) is 0 Å². The smallest absolute Gasteiger partial charge is 0.257 e. The highest BCUT2D eigenvalue weighted by atomic mass is 16.5. The van der Waals surface area contributed by atoms with Gasteiger partial charge in [-0.15, -0.1) is 0 Å². The minimum Gasteiger partial charge on any atom is -0.490 e. The number of likely N-dealkylation sites (tertiary alicyclic amines) is 1. The number of nitrogens with zero attached hydrogens (tertiary/aromatic N) is 3. The number of amides is 1. The number of benzene rings is 2. The first kappa shape index (κ1) is 27.9.